The van der Waals surface area contributed by atoms with Crippen LogP contribution < -0.4 is 0 Å². The Labute approximate surface area is 167 Å². The Morgan fingerprint density at radius 1 is 1.11 bits per heavy atom. The van der Waals surface area contributed by atoms with Crippen molar-refractivity contribution in [3.05, 3.63) is 74.2 Å². The van der Waals surface area contributed by atoms with Crippen LogP contribution in [0.1, 0.15) is 39.4 Å². The lowest BCUT2D eigenvalue weighted by Crippen LogP contribution is -2.00. The van der Waals surface area contributed by atoms with E-state index >= 15 is 0 Å². The standard InChI is InChI=1S/C22H18BrN3O/c1-13-9-18(10-19(11-24)17-5-7-20(23)8-6-17)15(3)26(13)22-21(12-25)14(2)16(4)27-22/h5-10H,1-4H3/b19-10-. The highest BCUT2D eigenvalue weighted by molar-refractivity contribution is 9.10. The van der Waals surface area contributed by atoms with Crippen molar-refractivity contribution >= 4 is 27.6 Å². The van der Waals surface area contributed by atoms with Crippen LogP contribution in [0, 0.1) is 50.4 Å². The third-order valence-electron chi connectivity index (χ3n) is 4.73. The van der Waals surface area contributed by atoms with Gasteiger partial charge >= 0.3 is 0 Å². The van der Waals surface area contributed by atoms with Gasteiger partial charge in [-0.2, -0.15) is 10.5 Å². The molecule has 5 heteroatoms. The molecule has 0 N–H and O–H groups in total. The van der Waals surface area contributed by atoms with Gasteiger partial charge in [0.15, 0.2) is 0 Å². The molecule has 3 aromatic rings. The monoisotopic (exact) mass is 419 g/mol. The van der Waals surface area contributed by atoms with Crippen molar-refractivity contribution in [2.75, 3.05) is 0 Å². The molecular weight excluding hydrogens is 402 g/mol. The average Bonchev–Trinajstić information content (AvgIpc) is 3.08. The molecule has 134 valence electrons. The van der Waals surface area contributed by atoms with Gasteiger partial charge in [-0.1, -0.05) is 28.1 Å². The van der Waals surface area contributed by atoms with Crippen LogP contribution in [0.4, 0.5) is 0 Å². The molecule has 0 aliphatic carbocycles. The number of rotatable bonds is 3. The van der Waals surface area contributed by atoms with Gasteiger partial charge in [-0.25, -0.2) is 0 Å². The molecule has 3 rings (SSSR count). The van der Waals surface area contributed by atoms with Gasteiger partial charge in [-0.3, -0.25) is 4.57 Å². The van der Waals surface area contributed by atoms with Gasteiger partial charge in [-0.05, 0) is 63.1 Å². The first-order valence-corrected chi connectivity index (χ1v) is 9.23. The normalized spacial score (nSPS) is 11.3. The summed E-state index contributed by atoms with van der Waals surface area (Å²) >= 11 is 3.41. The number of halogens is 1. The number of allylic oxidation sites excluding steroid dienone is 1. The number of aryl methyl sites for hydroxylation is 2. The summed E-state index contributed by atoms with van der Waals surface area (Å²) in [5.74, 6) is 1.27. The van der Waals surface area contributed by atoms with E-state index < -0.39 is 0 Å². The second-order valence-electron chi connectivity index (χ2n) is 6.41. The summed E-state index contributed by atoms with van der Waals surface area (Å²) in [6.45, 7) is 7.67. The van der Waals surface area contributed by atoms with Gasteiger partial charge in [0.25, 0.3) is 0 Å². The average molecular weight is 420 g/mol. The Hall–Kier alpha value is -3.02. The van der Waals surface area contributed by atoms with Crippen LogP contribution in [-0.4, -0.2) is 4.57 Å². The molecule has 27 heavy (non-hydrogen) atoms. The van der Waals surface area contributed by atoms with Crippen LogP contribution in [0.5, 0.6) is 0 Å². The Kier molecular flexibility index (Phi) is 5.08. The first kappa shape index (κ1) is 18.8. The first-order chi connectivity index (χ1) is 12.9. The fourth-order valence-electron chi connectivity index (χ4n) is 3.11. The Morgan fingerprint density at radius 3 is 2.37 bits per heavy atom. The third-order valence-corrected chi connectivity index (χ3v) is 5.26. The number of aromatic nitrogens is 1. The predicted molar refractivity (Wildman–Crippen MR) is 109 cm³/mol. The summed E-state index contributed by atoms with van der Waals surface area (Å²) in [5, 5.41) is 19.2. The summed E-state index contributed by atoms with van der Waals surface area (Å²) in [6, 6.07) is 14.2. The molecule has 0 radical (unpaired) electrons. The Balaban J connectivity index is 2.14. The summed E-state index contributed by atoms with van der Waals surface area (Å²) < 4.78 is 8.77. The number of hydrogen-bond donors (Lipinski definition) is 0. The molecule has 4 nitrogen and oxygen atoms in total. The second kappa shape index (κ2) is 7.31. The number of furan rings is 1. The fraction of sp³-hybridized carbons (Fsp3) is 0.182. The molecule has 0 amide bonds. The maximum Gasteiger partial charge on any atom is 0.222 e. The summed E-state index contributed by atoms with van der Waals surface area (Å²) in [4.78, 5) is 0. The van der Waals surface area contributed by atoms with E-state index in [-0.39, 0.29) is 0 Å². The van der Waals surface area contributed by atoms with Crippen LogP contribution in [0.3, 0.4) is 0 Å². The van der Waals surface area contributed by atoms with E-state index in [1.165, 1.54) is 0 Å². The van der Waals surface area contributed by atoms with Crippen LogP contribution in [0.15, 0.2) is 39.2 Å². The largest absolute Gasteiger partial charge is 0.443 e. The molecule has 0 fully saturated rings. The molecule has 0 saturated carbocycles. The van der Waals surface area contributed by atoms with Gasteiger partial charge < -0.3 is 4.42 Å². The Morgan fingerprint density at radius 2 is 1.78 bits per heavy atom. The van der Waals surface area contributed by atoms with Gasteiger partial charge in [0.2, 0.25) is 5.88 Å². The highest BCUT2D eigenvalue weighted by Gasteiger charge is 2.20. The van der Waals surface area contributed by atoms with Crippen molar-refractivity contribution in [1.29, 1.82) is 10.5 Å². The lowest BCUT2D eigenvalue weighted by molar-refractivity contribution is 0.503. The zero-order valence-corrected chi connectivity index (χ0v) is 17.2. The first-order valence-electron chi connectivity index (χ1n) is 8.44. The van der Waals surface area contributed by atoms with Gasteiger partial charge in [-0.15, -0.1) is 0 Å². The minimum atomic E-state index is 0.532. The van der Waals surface area contributed by atoms with Crippen molar-refractivity contribution in [2.24, 2.45) is 0 Å². The van der Waals surface area contributed by atoms with E-state index in [1.807, 2.05) is 68.7 Å². The molecule has 0 atom stereocenters. The van der Waals surface area contributed by atoms with Crippen molar-refractivity contribution in [1.82, 2.24) is 4.57 Å². The van der Waals surface area contributed by atoms with E-state index in [1.54, 1.807) is 0 Å². The van der Waals surface area contributed by atoms with Crippen LogP contribution in [0.2, 0.25) is 0 Å². The van der Waals surface area contributed by atoms with Gasteiger partial charge in [0.05, 0.1) is 11.6 Å². The van der Waals surface area contributed by atoms with Crippen LogP contribution >= 0.6 is 15.9 Å². The number of nitrogens with zero attached hydrogens (tertiary/aromatic N) is 3. The molecule has 0 aliphatic heterocycles. The molecule has 0 spiro atoms. The molecule has 1 aromatic carbocycles. The van der Waals surface area contributed by atoms with Crippen molar-refractivity contribution < 1.29 is 4.42 Å². The van der Waals surface area contributed by atoms with Crippen molar-refractivity contribution in [3.63, 3.8) is 0 Å². The van der Waals surface area contributed by atoms with Gasteiger partial charge in [0, 0.05) is 21.4 Å². The molecule has 0 aliphatic rings. The zero-order chi connectivity index (χ0) is 19.7. The lowest BCUT2D eigenvalue weighted by Gasteiger charge is -2.06. The van der Waals surface area contributed by atoms with Crippen LogP contribution in [0.25, 0.3) is 17.5 Å². The minimum absolute atomic E-state index is 0.532. The quantitative estimate of drug-likeness (QED) is 0.488. The molecule has 0 saturated heterocycles. The second-order valence-corrected chi connectivity index (χ2v) is 7.33. The molecule has 0 bridgehead atoms. The lowest BCUT2D eigenvalue weighted by atomic mass is 10.0. The van der Waals surface area contributed by atoms with E-state index in [0.717, 1.165) is 38.3 Å². The molecule has 0 unspecified atom stereocenters. The van der Waals surface area contributed by atoms with Crippen molar-refractivity contribution in [2.45, 2.75) is 27.7 Å². The van der Waals surface area contributed by atoms with E-state index in [4.69, 9.17) is 4.42 Å². The third kappa shape index (κ3) is 3.35. The molecule has 2 heterocycles. The number of hydrogen-bond acceptors (Lipinski definition) is 3. The smallest absolute Gasteiger partial charge is 0.222 e. The molecular formula is C22H18BrN3O. The maximum atomic E-state index is 9.62. The summed E-state index contributed by atoms with van der Waals surface area (Å²) in [5.41, 5.74) is 5.60. The Bertz CT molecular complexity index is 1130. The minimum Gasteiger partial charge on any atom is -0.443 e. The number of nitriles is 2. The fourth-order valence-corrected chi connectivity index (χ4v) is 3.37. The van der Waals surface area contributed by atoms with Gasteiger partial charge in [0.1, 0.15) is 17.4 Å². The SMILES string of the molecule is Cc1oc(-n2c(C)cc(/C=C(/C#N)c3ccc(Br)cc3)c2C)c(C#N)c1C. The van der Waals surface area contributed by atoms with E-state index in [0.29, 0.717) is 17.0 Å². The van der Waals surface area contributed by atoms with E-state index in [9.17, 15) is 10.5 Å². The summed E-state index contributed by atoms with van der Waals surface area (Å²) in [6.07, 6.45) is 1.87. The van der Waals surface area contributed by atoms with Crippen molar-refractivity contribution in [3.8, 4) is 18.0 Å². The summed E-state index contributed by atoms with van der Waals surface area (Å²) in [7, 11) is 0. The zero-order valence-electron chi connectivity index (χ0n) is 15.6. The predicted octanol–water partition coefficient (Wildman–Crippen LogP) is 6.00. The number of benzene rings is 1. The topological polar surface area (TPSA) is 65.7 Å². The highest BCUT2D eigenvalue weighted by atomic mass is 79.9. The highest BCUT2D eigenvalue weighted by Crippen LogP contribution is 2.30. The maximum absolute atomic E-state index is 9.62. The van der Waals surface area contributed by atoms with Crippen LogP contribution in [-0.2, 0) is 0 Å². The molecule has 2 aromatic heterocycles. The van der Waals surface area contributed by atoms with E-state index in [2.05, 4.69) is 28.1 Å².